The molecule has 32 heavy (non-hydrogen) atoms. The molecule has 6 nitrogen and oxygen atoms in total. The summed E-state index contributed by atoms with van der Waals surface area (Å²) in [7, 11) is 0. The molecule has 1 fully saturated rings. The summed E-state index contributed by atoms with van der Waals surface area (Å²) in [4.78, 5) is 23.8. The Kier molecular flexibility index (Phi) is 7.31. The Morgan fingerprint density at radius 2 is 1.97 bits per heavy atom. The van der Waals surface area contributed by atoms with E-state index in [9.17, 15) is 23.7 Å². The van der Waals surface area contributed by atoms with Crippen LogP contribution in [0.15, 0.2) is 41.6 Å². The number of carbonyl (C=O) groups excluding carboxylic acids is 1. The van der Waals surface area contributed by atoms with Crippen LogP contribution < -0.4 is 4.74 Å². The summed E-state index contributed by atoms with van der Waals surface area (Å²) in [5.74, 6) is -1.17. The summed E-state index contributed by atoms with van der Waals surface area (Å²) in [6.45, 7) is 5.75. The van der Waals surface area contributed by atoms with E-state index in [-0.39, 0.29) is 0 Å². The molecule has 1 heterocycles. The minimum absolute atomic E-state index is 0.300. The molecule has 1 aliphatic heterocycles. The molecule has 0 aromatic heterocycles. The quantitative estimate of drug-likeness (QED) is 0.558. The highest BCUT2D eigenvalue weighted by molar-refractivity contribution is 5.95. The van der Waals surface area contributed by atoms with Gasteiger partial charge in [0, 0.05) is 11.7 Å². The van der Waals surface area contributed by atoms with Gasteiger partial charge in [0.15, 0.2) is 0 Å². The van der Waals surface area contributed by atoms with Crippen molar-refractivity contribution in [3.05, 3.63) is 58.2 Å². The maximum atomic E-state index is 14.2. The smallest absolute Gasteiger partial charge is 0.319 e. The topological polar surface area (TPSA) is 82.8 Å². The molecular weight excluding hydrogens is 416 g/mol. The van der Waals surface area contributed by atoms with Crippen LogP contribution >= 0.6 is 0 Å². The van der Waals surface area contributed by atoms with Crippen LogP contribution in [0, 0.1) is 28.0 Å². The zero-order valence-electron chi connectivity index (χ0n) is 18.1. The van der Waals surface area contributed by atoms with E-state index < -0.39 is 23.0 Å². The first-order valence-electron chi connectivity index (χ1n) is 10.5. The van der Waals surface area contributed by atoms with Gasteiger partial charge in [0.05, 0.1) is 23.8 Å². The zero-order valence-corrected chi connectivity index (χ0v) is 18.1. The van der Waals surface area contributed by atoms with Gasteiger partial charge in [-0.15, -0.1) is 4.91 Å². The first-order valence-corrected chi connectivity index (χ1v) is 10.5. The number of carbonyl (C=O) groups is 1. The second-order valence-corrected chi connectivity index (χ2v) is 8.66. The Balaban J connectivity index is 1.64. The number of hydrogen-bond acceptors (Lipinski definition) is 5. The van der Waals surface area contributed by atoms with Crippen molar-refractivity contribution in [3.63, 3.8) is 0 Å². The van der Waals surface area contributed by atoms with Crippen LogP contribution in [-0.4, -0.2) is 42.7 Å². The molecule has 0 spiro atoms. The van der Waals surface area contributed by atoms with E-state index >= 15 is 0 Å². The number of benzene rings is 2. The first kappa shape index (κ1) is 23.5. The summed E-state index contributed by atoms with van der Waals surface area (Å²) < 4.78 is 33.9. The van der Waals surface area contributed by atoms with E-state index in [0.717, 1.165) is 32.0 Å². The fourth-order valence-corrected chi connectivity index (χ4v) is 3.92. The summed E-state index contributed by atoms with van der Waals surface area (Å²) >= 11 is 0. The van der Waals surface area contributed by atoms with Gasteiger partial charge in [0.25, 0.3) is 0 Å². The lowest BCUT2D eigenvalue weighted by Gasteiger charge is -2.34. The molecule has 2 aromatic carbocycles. The number of halogens is 2. The number of hydrogen-bond donors (Lipinski definition) is 0. The molecule has 0 aliphatic carbocycles. The van der Waals surface area contributed by atoms with E-state index in [1.807, 2.05) is 0 Å². The van der Waals surface area contributed by atoms with E-state index in [2.05, 4.69) is 16.1 Å². The molecule has 0 radical (unpaired) electrons. The fourth-order valence-electron chi connectivity index (χ4n) is 3.92. The molecule has 168 valence electrons. The third-order valence-corrected chi connectivity index (χ3v) is 5.50. The van der Waals surface area contributed by atoms with Gasteiger partial charge < -0.3 is 9.64 Å². The minimum atomic E-state index is -1.21. The Hall–Kier alpha value is -3.18. The predicted molar refractivity (Wildman–Crippen MR) is 117 cm³/mol. The summed E-state index contributed by atoms with van der Waals surface area (Å²) in [6.07, 6.45) is 1.83. The third-order valence-electron chi connectivity index (χ3n) is 5.50. The third kappa shape index (κ3) is 5.95. The maximum Gasteiger partial charge on any atom is 0.319 e. The van der Waals surface area contributed by atoms with E-state index in [0.29, 0.717) is 41.5 Å². The Labute approximate surface area is 185 Å². The van der Waals surface area contributed by atoms with Crippen LogP contribution in [0.3, 0.4) is 0 Å². The lowest BCUT2D eigenvalue weighted by molar-refractivity contribution is 0.0836. The number of nitrogens with zero attached hydrogens (tertiary/aromatic N) is 3. The molecule has 8 heteroatoms. The highest BCUT2D eigenvalue weighted by atomic mass is 19.1. The molecular formula is C24H25F2N3O3. The molecule has 1 saturated heterocycles. The van der Waals surface area contributed by atoms with E-state index in [1.165, 1.54) is 12.1 Å². The van der Waals surface area contributed by atoms with Gasteiger partial charge in [-0.05, 0) is 87.2 Å². The fraction of sp³-hybridized carbons (Fsp3) is 0.417. The lowest BCUT2D eigenvalue weighted by Crippen LogP contribution is -2.41. The van der Waals surface area contributed by atoms with Crippen LogP contribution in [0.4, 0.5) is 8.78 Å². The highest BCUT2D eigenvalue weighted by Crippen LogP contribution is 2.29. The Morgan fingerprint density at radius 3 is 2.56 bits per heavy atom. The minimum Gasteiger partial charge on any atom is -0.493 e. The molecule has 0 atom stereocenters. The summed E-state index contributed by atoms with van der Waals surface area (Å²) in [5, 5.41) is 11.8. The van der Waals surface area contributed by atoms with Crippen molar-refractivity contribution >= 4 is 5.91 Å². The van der Waals surface area contributed by atoms with E-state index in [4.69, 9.17) is 4.74 Å². The molecule has 0 bridgehead atoms. The number of amides is 1. The van der Waals surface area contributed by atoms with Crippen molar-refractivity contribution in [2.45, 2.75) is 32.4 Å². The summed E-state index contributed by atoms with van der Waals surface area (Å²) in [6, 6.07) is 10.8. The summed E-state index contributed by atoms with van der Waals surface area (Å²) in [5.41, 5.74) is -0.434. The van der Waals surface area contributed by atoms with Gasteiger partial charge in [-0.3, -0.25) is 4.79 Å². The maximum absolute atomic E-state index is 14.2. The first-order chi connectivity index (χ1) is 15.2. The monoisotopic (exact) mass is 441 g/mol. The molecule has 2 aromatic rings. The van der Waals surface area contributed by atoms with Crippen LogP contribution in [0.5, 0.6) is 5.75 Å². The van der Waals surface area contributed by atoms with Crippen LogP contribution in [0.25, 0.3) is 11.1 Å². The number of nitroso groups, excluding NO2 is 1. The zero-order chi connectivity index (χ0) is 23.3. The van der Waals surface area contributed by atoms with E-state index in [1.54, 1.807) is 32.0 Å². The van der Waals surface area contributed by atoms with Gasteiger partial charge >= 0.3 is 5.91 Å². The van der Waals surface area contributed by atoms with Crippen molar-refractivity contribution in [3.8, 4) is 22.9 Å². The average molecular weight is 441 g/mol. The SMILES string of the molecule is CC(C)(F)CN1CCC(COc2ccc(-c3ccc(C(=O)N=O)c(F)c3)c(C#N)c2)CC1. The molecule has 0 saturated carbocycles. The van der Waals surface area contributed by atoms with Crippen LogP contribution in [-0.2, 0) is 0 Å². The molecule has 1 amide bonds. The van der Waals surface area contributed by atoms with Crippen molar-refractivity contribution < 1.29 is 18.3 Å². The molecule has 0 N–H and O–H groups in total. The van der Waals surface area contributed by atoms with Gasteiger partial charge in [-0.25, -0.2) is 8.78 Å². The number of likely N-dealkylation sites (tertiary alicyclic amines) is 1. The number of rotatable bonds is 7. The van der Waals surface area contributed by atoms with Gasteiger partial charge in [0.2, 0.25) is 0 Å². The van der Waals surface area contributed by atoms with Crippen LogP contribution in [0.1, 0.15) is 42.6 Å². The predicted octanol–water partition coefficient (Wildman–Crippen LogP) is 5.11. The second-order valence-electron chi connectivity index (χ2n) is 8.66. The lowest BCUT2D eigenvalue weighted by atomic mass is 9.96. The Morgan fingerprint density at radius 1 is 1.25 bits per heavy atom. The second kappa shape index (κ2) is 9.96. The number of alkyl halides is 1. The number of nitriles is 1. The van der Waals surface area contributed by atoms with Gasteiger partial charge in [-0.2, -0.15) is 5.26 Å². The normalized spacial score (nSPS) is 15.2. The van der Waals surface area contributed by atoms with Gasteiger partial charge in [0.1, 0.15) is 17.2 Å². The van der Waals surface area contributed by atoms with Crippen molar-refractivity contribution in [2.75, 3.05) is 26.2 Å². The van der Waals surface area contributed by atoms with Gasteiger partial charge in [-0.1, -0.05) is 6.07 Å². The Bertz CT molecular complexity index is 1040. The van der Waals surface area contributed by atoms with Crippen molar-refractivity contribution in [1.82, 2.24) is 4.90 Å². The molecule has 1 aliphatic rings. The molecule has 3 rings (SSSR count). The molecule has 0 unspecified atom stereocenters. The van der Waals surface area contributed by atoms with Crippen molar-refractivity contribution in [2.24, 2.45) is 11.1 Å². The van der Waals surface area contributed by atoms with Crippen molar-refractivity contribution in [1.29, 1.82) is 5.26 Å². The van der Waals surface area contributed by atoms with Crippen LogP contribution in [0.2, 0.25) is 0 Å². The standard InChI is InChI=1S/C24H25F2N3O3/c1-24(2,26)15-29-9-7-16(8-10-29)14-32-19-4-6-20(18(11-19)13-27)17-3-5-21(22(25)12-17)23(30)28-31/h3-6,11-12,16H,7-10,14-15H2,1-2H3. The number of ether oxygens (including phenoxy) is 1. The highest BCUT2D eigenvalue weighted by Gasteiger charge is 2.25. The number of piperidine rings is 1. The largest absolute Gasteiger partial charge is 0.493 e. The average Bonchev–Trinajstić information content (AvgIpc) is 2.76.